The number of ether oxygens (including phenoxy) is 1. The Bertz CT molecular complexity index is 1090. The van der Waals surface area contributed by atoms with E-state index in [1.165, 1.54) is 0 Å². The number of halogens is 2. The molecule has 8 nitrogen and oxygen atoms in total. The van der Waals surface area contributed by atoms with Crippen molar-refractivity contribution in [2.24, 2.45) is 0 Å². The maximum Gasteiger partial charge on any atom is 0.414 e. The van der Waals surface area contributed by atoms with Crippen LogP contribution in [0.15, 0.2) is 58.1 Å². The fourth-order valence-electron chi connectivity index (χ4n) is 2.42. The van der Waals surface area contributed by atoms with Gasteiger partial charge in [0.05, 0.1) is 28.3 Å². The summed E-state index contributed by atoms with van der Waals surface area (Å²) in [6, 6.07) is 12.8. The summed E-state index contributed by atoms with van der Waals surface area (Å²) in [4.78, 5) is 34.9. The van der Waals surface area contributed by atoms with E-state index in [2.05, 4.69) is 20.9 Å². The summed E-state index contributed by atoms with van der Waals surface area (Å²) in [5, 5.41) is 16.1. The van der Waals surface area contributed by atoms with Crippen molar-refractivity contribution >= 4 is 50.4 Å². The highest BCUT2D eigenvalue weighted by Gasteiger charge is 2.05. The smallest absolute Gasteiger partial charge is 0.414 e. The molecule has 2 aromatic carbocycles. The zero-order valence-corrected chi connectivity index (χ0v) is 18.0. The van der Waals surface area contributed by atoms with Crippen LogP contribution in [0.3, 0.4) is 0 Å². The van der Waals surface area contributed by atoms with Gasteiger partial charge < -0.3 is 14.9 Å². The van der Waals surface area contributed by atoms with Crippen molar-refractivity contribution < 1.29 is 24.5 Å². The van der Waals surface area contributed by atoms with Gasteiger partial charge in [-0.3, -0.25) is 9.36 Å². The number of carbonyl (C=O) groups is 2. The average molecular weight is 498 g/mol. The van der Waals surface area contributed by atoms with Gasteiger partial charge in [-0.1, -0.05) is 23.7 Å². The predicted octanol–water partition coefficient (Wildman–Crippen LogP) is 3.83. The van der Waals surface area contributed by atoms with Crippen LogP contribution in [0.4, 0.5) is 0 Å². The monoisotopic (exact) mass is 496 g/mol. The Kier molecular flexibility index (Phi) is 8.82. The maximum atomic E-state index is 12.4. The number of hydrogen-bond donors (Lipinski definition) is 2. The van der Waals surface area contributed by atoms with E-state index in [9.17, 15) is 4.79 Å². The molecule has 0 bridgehead atoms. The zero-order chi connectivity index (χ0) is 22.1. The van der Waals surface area contributed by atoms with Crippen LogP contribution in [0.2, 0.25) is 5.02 Å². The average Bonchev–Trinajstić information content (AvgIpc) is 2.71. The van der Waals surface area contributed by atoms with E-state index in [4.69, 9.17) is 36.1 Å². The quantitative estimate of drug-likeness (QED) is 0.392. The molecule has 3 rings (SSSR count). The lowest BCUT2D eigenvalue weighted by Crippen LogP contribution is -2.20. The molecular formula is C20H18BrClN2O6. The number of unbranched alkanes of at least 4 members (excludes halogenated alkanes) is 1. The van der Waals surface area contributed by atoms with E-state index in [0.29, 0.717) is 23.6 Å². The normalized spacial score (nSPS) is 10.2. The summed E-state index contributed by atoms with van der Waals surface area (Å²) in [6.45, 7) is 1.21. The first-order valence-corrected chi connectivity index (χ1v) is 9.95. The summed E-state index contributed by atoms with van der Waals surface area (Å²) in [6.07, 6.45) is 3.29. The van der Waals surface area contributed by atoms with E-state index in [-0.39, 0.29) is 5.56 Å². The van der Waals surface area contributed by atoms with Gasteiger partial charge in [-0.15, -0.1) is 0 Å². The van der Waals surface area contributed by atoms with Crippen molar-refractivity contribution in [1.29, 1.82) is 0 Å². The van der Waals surface area contributed by atoms with Crippen LogP contribution < -0.4 is 10.3 Å². The van der Waals surface area contributed by atoms with Gasteiger partial charge in [0.15, 0.2) is 0 Å². The van der Waals surface area contributed by atoms with Gasteiger partial charge in [0.1, 0.15) is 5.75 Å². The van der Waals surface area contributed by atoms with Crippen LogP contribution in [0.1, 0.15) is 12.8 Å². The van der Waals surface area contributed by atoms with Gasteiger partial charge in [0.25, 0.3) is 5.56 Å². The number of benzene rings is 2. The summed E-state index contributed by atoms with van der Waals surface area (Å²) in [5.74, 6) is -2.88. The molecule has 0 aliphatic rings. The van der Waals surface area contributed by atoms with Crippen LogP contribution in [0.5, 0.6) is 5.75 Å². The van der Waals surface area contributed by atoms with Gasteiger partial charge in [0.2, 0.25) is 0 Å². The molecule has 0 radical (unpaired) electrons. The standard InChI is InChI=1S/C18H16BrClN2O2.C2H2O4/c19-15-11-13(20)7-8-17(15)24-10-4-3-9-22-12-21-16-6-2-1-5-14(16)18(22)23;3-1(4)2(5)6/h1-2,5-8,11-12H,3-4,9-10H2;(H,3,4)(H,5,6). The highest BCUT2D eigenvalue weighted by atomic mass is 79.9. The molecule has 2 N–H and O–H groups in total. The molecule has 3 aromatic rings. The lowest BCUT2D eigenvalue weighted by atomic mass is 10.2. The highest BCUT2D eigenvalue weighted by molar-refractivity contribution is 9.10. The second-order valence-electron chi connectivity index (χ2n) is 6.00. The molecule has 0 fully saturated rings. The van der Waals surface area contributed by atoms with E-state index >= 15 is 0 Å². The fourth-order valence-corrected chi connectivity index (χ4v) is 3.22. The van der Waals surface area contributed by atoms with Crippen molar-refractivity contribution in [3.8, 4) is 5.75 Å². The van der Waals surface area contributed by atoms with Gasteiger partial charge in [-0.05, 0) is 59.1 Å². The molecule has 0 aliphatic heterocycles. The molecule has 0 spiro atoms. The Morgan fingerprint density at radius 3 is 2.47 bits per heavy atom. The van der Waals surface area contributed by atoms with Gasteiger partial charge in [0, 0.05) is 11.6 Å². The molecule has 1 aromatic heterocycles. The summed E-state index contributed by atoms with van der Waals surface area (Å²) < 4.78 is 8.21. The zero-order valence-electron chi connectivity index (χ0n) is 15.6. The number of fused-ring (bicyclic) bond motifs is 1. The number of nitrogens with zero attached hydrogens (tertiary/aromatic N) is 2. The third-order valence-corrected chi connectivity index (χ3v) is 4.71. The van der Waals surface area contributed by atoms with Gasteiger partial charge in [-0.25, -0.2) is 14.6 Å². The number of para-hydroxylation sites is 1. The third kappa shape index (κ3) is 6.85. The Morgan fingerprint density at radius 1 is 1.10 bits per heavy atom. The van der Waals surface area contributed by atoms with Crippen LogP contribution in [-0.2, 0) is 16.1 Å². The van der Waals surface area contributed by atoms with Crippen LogP contribution in [0, 0.1) is 0 Å². The van der Waals surface area contributed by atoms with Crippen LogP contribution >= 0.6 is 27.5 Å². The molecule has 0 amide bonds. The predicted molar refractivity (Wildman–Crippen MR) is 115 cm³/mol. The number of carboxylic acid groups (broad SMARTS) is 2. The number of hydrogen-bond acceptors (Lipinski definition) is 5. The van der Waals surface area contributed by atoms with Gasteiger partial charge >= 0.3 is 11.9 Å². The molecule has 0 unspecified atom stereocenters. The van der Waals surface area contributed by atoms with E-state index < -0.39 is 11.9 Å². The lowest BCUT2D eigenvalue weighted by molar-refractivity contribution is -0.159. The van der Waals surface area contributed by atoms with Crippen molar-refractivity contribution in [1.82, 2.24) is 9.55 Å². The first-order chi connectivity index (χ1) is 14.3. The minimum atomic E-state index is -1.82. The molecule has 0 atom stereocenters. The summed E-state index contributed by atoms with van der Waals surface area (Å²) in [7, 11) is 0. The Labute approximate surface area is 184 Å². The van der Waals surface area contributed by atoms with Crippen molar-refractivity contribution in [3.63, 3.8) is 0 Å². The van der Waals surface area contributed by atoms with E-state index in [1.54, 1.807) is 23.0 Å². The molecular weight excluding hydrogens is 480 g/mol. The maximum absolute atomic E-state index is 12.4. The second kappa shape index (κ2) is 11.3. The molecule has 0 saturated heterocycles. The fraction of sp³-hybridized carbons (Fsp3) is 0.200. The molecule has 10 heteroatoms. The SMILES string of the molecule is O=C(O)C(=O)O.O=c1c2ccccc2ncn1CCCCOc1ccc(Cl)cc1Br. The minimum Gasteiger partial charge on any atom is -0.492 e. The van der Waals surface area contributed by atoms with Gasteiger partial charge in [-0.2, -0.15) is 0 Å². The topological polar surface area (TPSA) is 119 Å². The summed E-state index contributed by atoms with van der Waals surface area (Å²) >= 11 is 9.32. The first kappa shape index (κ1) is 23.4. The van der Waals surface area contributed by atoms with Crippen molar-refractivity contribution in [2.75, 3.05) is 6.61 Å². The van der Waals surface area contributed by atoms with Crippen LogP contribution in [-0.4, -0.2) is 38.3 Å². The number of aryl methyl sites for hydroxylation is 1. The molecule has 1 heterocycles. The van der Waals surface area contributed by atoms with Crippen molar-refractivity contribution in [2.45, 2.75) is 19.4 Å². The Morgan fingerprint density at radius 2 is 1.80 bits per heavy atom. The number of rotatable bonds is 6. The third-order valence-electron chi connectivity index (χ3n) is 3.86. The highest BCUT2D eigenvalue weighted by Crippen LogP contribution is 2.28. The van der Waals surface area contributed by atoms with E-state index in [1.807, 2.05) is 30.3 Å². The van der Waals surface area contributed by atoms with Crippen LogP contribution in [0.25, 0.3) is 10.9 Å². The number of carboxylic acids is 2. The Balaban J connectivity index is 0.000000469. The van der Waals surface area contributed by atoms with E-state index in [0.717, 1.165) is 28.6 Å². The second-order valence-corrected chi connectivity index (χ2v) is 7.29. The Hall–Kier alpha value is -2.91. The first-order valence-electron chi connectivity index (χ1n) is 8.78. The lowest BCUT2D eigenvalue weighted by Gasteiger charge is -2.09. The minimum absolute atomic E-state index is 0.00182. The molecule has 30 heavy (non-hydrogen) atoms. The largest absolute Gasteiger partial charge is 0.492 e. The van der Waals surface area contributed by atoms with Crippen molar-refractivity contribution in [3.05, 3.63) is 68.6 Å². The molecule has 158 valence electrons. The molecule has 0 aliphatic carbocycles. The molecule has 0 saturated carbocycles. The number of aliphatic carboxylic acids is 2. The number of aromatic nitrogens is 2. The summed E-state index contributed by atoms with van der Waals surface area (Å²) in [5.41, 5.74) is 0.733.